The molecule has 14 heavy (non-hydrogen) atoms. The Kier molecular flexibility index (Phi) is 4.85. The van der Waals surface area contributed by atoms with Gasteiger partial charge < -0.3 is 10.1 Å². The molecule has 0 aromatic carbocycles. The largest absolute Gasteiger partial charge is 0.459 e. The first-order valence-electron chi connectivity index (χ1n) is 4.87. The molecule has 0 saturated heterocycles. The molecule has 0 fully saturated rings. The summed E-state index contributed by atoms with van der Waals surface area (Å²) >= 11 is 0. The molecule has 0 radical (unpaired) electrons. The van der Waals surface area contributed by atoms with E-state index in [-0.39, 0.29) is 23.5 Å². The third kappa shape index (κ3) is 3.50. The summed E-state index contributed by atoms with van der Waals surface area (Å²) in [7, 11) is 1.90. The molecule has 0 spiro atoms. The molecule has 3 nitrogen and oxygen atoms in total. The number of carbonyl (C=O) groups is 1. The van der Waals surface area contributed by atoms with Crippen LogP contribution >= 0.6 is 0 Å². The monoisotopic (exact) mass is 199 g/mol. The van der Waals surface area contributed by atoms with E-state index in [1.54, 1.807) is 0 Å². The minimum atomic E-state index is -0.365. The SMILES string of the molecule is C=CC(=O)OC(C)C(C)C(C)(C)NC. The van der Waals surface area contributed by atoms with E-state index in [9.17, 15) is 4.79 Å². The van der Waals surface area contributed by atoms with Gasteiger partial charge in [-0.05, 0) is 27.8 Å². The van der Waals surface area contributed by atoms with E-state index in [0.717, 1.165) is 0 Å². The molecule has 0 aliphatic rings. The highest BCUT2D eigenvalue weighted by Gasteiger charge is 2.30. The number of nitrogens with one attached hydrogen (secondary N) is 1. The number of ether oxygens (including phenoxy) is 1. The van der Waals surface area contributed by atoms with Gasteiger partial charge in [0, 0.05) is 17.5 Å². The Labute approximate surface area is 86.5 Å². The van der Waals surface area contributed by atoms with Crippen LogP contribution in [0, 0.1) is 5.92 Å². The third-order valence-corrected chi connectivity index (χ3v) is 2.96. The number of hydrogen-bond acceptors (Lipinski definition) is 3. The average molecular weight is 199 g/mol. The summed E-state index contributed by atoms with van der Waals surface area (Å²) in [6.45, 7) is 11.5. The molecule has 82 valence electrons. The third-order valence-electron chi connectivity index (χ3n) is 2.96. The van der Waals surface area contributed by atoms with Gasteiger partial charge in [-0.15, -0.1) is 0 Å². The van der Waals surface area contributed by atoms with E-state index < -0.39 is 0 Å². The lowest BCUT2D eigenvalue weighted by molar-refractivity contribution is -0.145. The van der Waals surface area contributed by atoms with Gasteiger partial charge in [0.2, 0.25) is 0 Å². The molecule has 0 aromatic rings. The highest BCUT2D eigenvalue weighted by molar-refractivity contribution is 5.81. The van der Waals surface area contributed by atoms with Crippen molar-refractivity contribution in [3.8, 4) is 0 Å². The summed E-state index contributed by atoms with van der Waals surface area (Å²) in [6, 6.07) is 0. The predicted octanol–water partition coefficient (Wildman–Crippen LogP) is 1.74. The van der Waals surface area contributed by atoms with E-state index in [1.165, 1.54) is 6.08 Å². The number of rotatable bonds is 5. The second-order valence-electron chi connectivity index (χ2n) is 4.11. The average Bonchev–Trinajstić information content (AvgIpc) is 2.16. The van der Waals surface area contributed by atoms with Crippen molar-refractivity contribution in [2.75, 3.05) is 7.05 Å². The van der Waals surface area contributed by atoms with Crippen LogP contribution in [-0.4, -0.2) is 24.7 Å². The van der Waals surface area contributed by atoms with Gasteiger partial charge in [-0.1, -0.05) is 13.5 Å². The standard InChI is InChI=1S/C11H21NO2/c1-7-10(13)14-9(3)8(2)11(4,5)12-6/h7-9,12H,1H2,2-6H3. The minimum absolute atomic E-state index is 0.0547. The Balaban J connectivity index is 4.31. The van der Waals surface area contributed by atoms with E-state index in [2.05, 4.69) is 32.7 Å². The summed E-state index contributed by atoms with van der Waals surface area (Å²) in [5, 5.41) is 3.20. The Hall–Kier alpha value is -0.830. The van der Waals surface area contributed by atoms with Gasteiger partial charge in [-0.25, -0.2) is 4.79 Å². The number of esters is 1. The first-order valence-corrected chi connectivity index (χ1v) is 4.87. The lowest BCUT2D eigenvalue weighted by Crippen LogP contribution is -2.47. The molecule has 0 aliphatic heterocycles. The van der Waals surface area contributed by atoms with Crippen molar-refractivity contribution < 1.29 is 9.53 Å². The zero-order chi connectivity index (χ0) is 11.4. The van der Waals surface area contributed by atoms with Crippen LogP contribution in [-0.2, 0) is 9.53 Å². The van der Waals surface area contributed by atoms with E-state index in [1.807, 2.05) is 14.0 Å². The fraction of sp³-hybridized carbons (Fsp3) is 0.727. The predicted molar refractivity (Wildman–Crippen MR) is 58.1 cm³/mol. The van der Waals surface area contributed by atoms with Crippen LogP contribution in [0.3, 0.4) is 0 Å². The Bertz CT molecular complexity index is 211. The molecule has 1 N–H and O–H groups in total. The van der Waals surface area contributed by atoms with Crippen LogP contribution in [0.5, 0.6) is 0 Å². The van der Waals surface area contributed by atoms with Crippen molar-refractivity contribution in [3.05, 3.63) is 12.7 Å². The molecule has 3 heteroatoms. The molecular formula is C11H21NO2. The molecule has 0 aliphatic carbocycles. The summed E-state index contributed by atoms with van der Waals surface area (Å²) in [5.74, 6) is -0.132. The normalized spacial score (nSPS) is 15.8. The van der Waals surface area contributed by atoms with Crippen molar-refractivity contribution in [1.82, 2.24) is 5.32 Å². The molecule has 0 bridgehead atoms. The van der Waals surface area contributed by atoms with Crippen LogP contribution in [0.2, 0.25) is 0 Å². The maximum atomic E-state index is 11.0. The fourth-order valence-electron chi connectivity index (χ4n) is 1.15. The first-order chi connectivity index (χ1) is 6.35. The minimum Gasteiger partial charge on any atom is -0.459 e. The molecule has 0 rings (SSSR count). The maximum Gasteiger partial charge on any atom is 0.330 e. The second kappa shape index (κ2) is 5.15. The van der Waals surface area contributed by atoms with Crippen LogP contribution < -0.4 is 5.32 Å². The number of carbonyl (C=O) groups excluding carboxylic acids is 1. The molecule has 0 heterocycles. The number of hydrogen-bond donors (Lipinski definition) is 1. The molecular weight excluding hydrogens is 178 g/mol. The van der Waals surface area contributed by atoms with Gasteiger partial charge in [0.1, 0.15) is 6.10 Å². The second-order valence-corrected chi connectivity index (χ2v) is 4.11. The lowest BCUT2D eigenvalue weighted by Gasteiger charge is -2.35. The zero-order valence-electron chi connectivity index (χ0n) is 9.76. The van der Waals surface area contributed by atoms with Crippen molar-refractivity contribution in [1.29, 1.82) is 0 Å². The molecule has 0 aromatic heterocycles. The topological polar surface area (TPSA) is 38.3 Å². The lowest BCUT2D eigenvalue weighted by atomic mass is 9.85. The van der Waals surface area contributed by atoms with Crippen molar-refractivity contribution in [2.24, 2.45) is 5.92 Å². The van der Waals surface area contributed by atoms with Gasteiger partial charge >= 0.3 is 5.97 Å². The Morgan fingerprint density at radius 1 is 1.50 bits per heavy atom. The highest BCUT2D eigenvalue weighted by atomic mass is 16.5. The van der Waals surface area contributed by atoms with Crippen LogP contribution in [0.25, 0.3) is 0 Å². The van der Waals surface area contributed by atoms with Gasteiger partial charge in [-0.2, -0.15) is 0 Å². The fourth-order valence-corrected chi connectivity index (χ4v) is 1.15. The van der Waals surface area contributed by atoms with Crippen molar-refractivity contribution >= 4 is 5.97 Å². The summed E-state index contributed by atoms with van der Waals surface area (Å²) in [5.41, 5.74) is -0.0547. The van der Waals surface area contributed by atoms with Crippen LogP contribution in [0.15, 0.2) is 12.7 Å². The quantitative estimate of drug-likeness (QED) is 0.541. The molecule has 2 atom stereocenters. The van der Waals surface area contributed by atoms with Crippen LogP contribution in [0.1, 0.15) is 27.7 Å². The zero-order valence-corrected chi connectivity index (χ0v) is 9.76. The van der Waals surface area contributed by atoms with Gasteiger partial charge in [0.05, 0.1) is 0 Å². The van der Waals surface area contributed by atoms with Crippen LogP contribution in [0.4, 0.5) is 0 Å². The Morgan fingerprint density at radius 2 is 2.00 bits per heavy atom. The first kappa shape index (κ1) is 13.2. The maximum absolute atomic E-state index is 11.0. The van der Waals surface area contributed by atoms with E-state index >= 15 is 0 Å². The highest BCUT2D eigenvalue weighted by Crippen LogP contribution is 2.21. The summed E-state index contributed by atoms with van der Waals surface area (Å²) in [6.07, 6.45) is 1.07. The van der Waals surface area contributed by atoms with Gasteiger partial charge in [-0.3, -0.25) is 0 Å². The van der Waals surface area contributed by atoms with E-state index in [4.69, 9.17) is 4.74 Å². The summed E-state index contributed by atoms with van der Waals surface area (Å²) < 4.78 is 5.15. The van der Waals surface area contributed by atoms with Crippen molar-refractivity contribution in [2.45, 2.75) is 39.3 Å². The summed E-state index contributed by atoms with van der Waals surface area (Å²) in [4.78, 5) is 11.0. The van der Waals surface area contributed by atoms with E-state index in [0.29, 0.717) is 0 Å². The molecule has 2 unspecified atom stereocenters. The Morgan fingerprint density at radius 3 is 2.36 bits per heavy atom. The molecule has 0 saturated carbocycles. The molecule has 0 amide bonds. The smallest absolute Gasteiger partial charge is 0.330 e. The van der Waals surface area contributed by atoms with Gasteiger partial charge in [0.15, 0.2) is 0 Å². The van der Waals surface area contributed by atoms with Crippen molar-refractivity contribution in [3.63, 3.8) is 0 Å². The van der Waals surface area contributed by atoms with Gasteiger partial charge in [0.25, 0.3) is 0 Å².